The summed E-state index contributed by atoms with van der Waals surface area (Å²) < 4.78 is 25.0. The Morgan fingerprint density at radius 2 is 1.80 bits per heavy atom. The molecule has 4 nitrogen and oxygen atoms in total. The largest absolute Gasteiger partial charge is 0.341 e. The summed E-state index contributed by atoms with van der Waals surface area (Å²) in [5.74, 6) is 0.0169. The van der Waals surface area contributed by atoms with Crippen molar-refractivity contribution in [3.8, 4) is 0 Å². The zero-order valence-electron chi connectivity index (χ0n) is 12.2. The van der Waals surface area contributed by atoms with E-state index in [-0.39, 0.29) is 5.91 Å². The number of rotatable bonds is 2. The SMILES string of the molecule is CC(C)(C)C(=O)N1CC[C@@H](S(=O)(=O)c2ccccc2)C1. The van der Waals surface area contributed by atoms with Crippen LogP contribution in [0, 0.1) is 5.41 Å². The first-order chi connectivity index (χ1) is 9.23. The number of nitrogens with zero attached hydrogens (tertiary/aromatic N) is 1. The van der Waals surface area contributed by atoms with E-state index >= 15 is 0 Å². The molecule has 1 amide bonds. The summed E-state index contributed by atoms with van der Waals surface area (Å²) in [5, 5.41) is -0.490. The van der Waals surface area contributed by atoms with Gasteiger partial charge >= 0.3 is 0 Å². The zero-order valence-corrected chi connectivity index (χ0v) is 13.0. The molecule has 0 spiro atoms. The Balaban J connectivity index is 2.16. The normalized spacial score (nSPS) is 20.1. The number of carbonyl (C=O) groups is 1. The number of amides is 1. The quantitative estimate of drug-likeness (QED) is 0.839. The fourth-order valence-corrected chi connectivity index (χ4v) is 4.16. The lowest BCUT2D eigenvalue weighted by Crippen LogP contribution is -2.39. The van der Waals surface area contributed by atoms with Crippen LogP contribution in [-0.2, 0) is 14.6 Å². The van der Waals surface area contributed by atoms with Crippen LogP contribution in [-0.4, -0.2) is 37.6 Å². The maximum Gasteiger partial charge on any atom is 0.227 e. The highest BCUT2D eigenvalue weighted by atomic mass is 32.2. The van der Waals surface area contributed by atoms with Gasteiger partial charge in [-0.2, -0.15) is 0 Å². The topological polar surface area (TPSA) is 54.5 Å². The van der Waals surface area contributed by atoms with Crippen LogP contribution in [0.15, 0.2) is 35.2 Å². The number of hydrogen-bond acceptors (Lipinski definition) is 3. The van der Waals surface area contributed by atoms with E-state index in [1.54, 1.807) is 35.2 Å². The lowest BCUT2D eigenvalue weighted by Gasteiger charge is -2.25. The predicted molar refractivity (Wildman–Crippen MR) is 78.1 cm³/mol. The number of benzene rings is 1. The van der Waals surface area contributed by atoms with E-state index in [2.05, 4.69) is 0 Å². The van der Waals surface area contributed by atoms with Crippen molar-refractivity contribution < 1.29 is 13.2 Å². The van der Waals surface area contributed by atoms with Gasteiger partial charge in [-0.25, -0.2) is 8.42 Å². The first-order valence-electron chi connectivity index (χ1n) is 6.81. The lowest BCUT2D eigenvalue weighted by molar-refractivity contribution is -0.138. The molecule has 1 heterocycles. The molecule has 1 aromatic rings. The van der Waals surface area contributed by atoms with Crippen LogP contribution >= 0.6 is 0 Å². The van der Waals surface area contributed by atoms with E-state index in [9.17, 15) is 13.2 Å². The van der Waals surface area contributed by atoms with Gasteiger partial charge in [0.2, 0.25) is 5.91 Å². The number of likely N-dealkylation sites (tertiary alicyclic amines) is 1. The Hall–Kier alpha value is -1.36. The minimum atomic E-state index is -3.34. The van der Waals surface area contributed by atoms with Gasteiger partial charge in [0.25, 0.3) is 0 Å². The van der Waals surface area contributed by atoms with E-state index < -0.39 is 20.5 Å². The summed E-state index contributed by atoms with van der Waals surface area (Å²) in [4.78, 5) is 14.2. The first-order valence-corrected chi connectivity index (χ1v) is 8.36. The standard InChI is InChI=1S/C15H21NO3S/c1-15(2,3)14(17)16-10-9-13(11-16)20(18,19)12-7-5-4-6-8-12/h4-8,13H,9-11H2,1-3H3/t13-/m1/s1. The predicted octanol–water partition coefficient (Wildman–Crippen LogP) is 2.11. The van der Waals surface area contributed by atoms with Crippen molar-refractivity contribution in [1.29, 1.82) is 0 Å². The van der Waals surface area contributed by atoms with Gasteiger partial charge in [-0.05, 0) is 18.6 Å². The van der Waals surface area contributed by atoms with Crippen LogP contribution in [0.1, 0.15) is 27.2 Å². The van der Waals surface area contributed by atoms with E-state index in [1.165, 1.54) is 0 Å². The maximum absolute atomic E-state index is 12.5. The van der Waals surface area contributed by atoms with Gasteiger partial charge in [0.15, 0.2) is 9.84 Å². The summed E-state index contributed by atoms with van der Waals surface area (Å²) in [6, 6.07) is 8.47. The molecule has 5 heteroatoms. The first kappa shape index (κ1) is 15.0. The Kier molecular flexibility index (Phi) is 3.91. The molecule has 0 unspecified atom stereocenters. The van der Waals surface area contributed by atoms with Crippen molar-refractivity contribution in [3.05, 3.63) is 30.3 Å². The van der Waals surface area contributed by atoms with Crippen LogP contribution in [0.3, 0.4) is 0 Å². The molecule has 0 radical (unpaired) electrons. The fourth-order valence-electron chi connectivity index (χ4n) is 2.44. The van der Waals surface area contributed by atoms with Gasteiger partial charge in [-0.1, -0.05) is 39.0 Å². The molecule has 0 saturated carbocycles. The van der Waals surface area contributed by atoms with Gasteiger partial charge < -0.3 is 4.90 Å². The fraction of sp³-hybridized carbons (Fsp3) is 0.533. The second kappa shape index (κ2) is 5.20. The molecule has 0 aromatic heterocycles. The number of hydrogen-bond donors (Lipinski definition) is 0. The number of sulfone groups is 1. The van der Waals surface area contributed by atoms with Crippen molar-refractivity contribution in [3.63, 3.8) is 0 Å². The third-order valence-corrected chi connectivity index (χ3v) is 5.78. The molecule has 1 aromatic carbocycles. The van der Waals surface area contributed by atoms with E-state index in [0.717, 1.165) is 0 Å². The summed E-state index contributed by atoms with van der Waals surface area (Å²) in [5.41, 5.74) is -0.467. The van der Waals surface area contributed by atoms with Crippen LogP contribution in [0.4, 0.5) is 0 Å². The average Bonchev–Trinajstić information content (AvgIpc) is 2.88. The zero-order chi connectivity index (χ0) is 15.0. The Labute approximate surface area is 120 Å². The molecule has 1 saturated heterocycles. The van der Waals surface area contributed by atoms with Crippen molar-refractivity contribution in [2.24, 2.45) is 5.41 Å². The third kappa shape index (κ3) is 2.87. The van der Waals surface area contributed by atoms with Gasteiger partial charge in [0.05, 0.1) is 10.1 Å². The van der Waals surface area contributed by atoms with Crippen molar-refractivity contribution >= 4 is 15.7 Å². The van der Waals surface area contributed by atoms with Crippen molar-refractivity contribution in [2.45, 2.75) is 37.3 Å². The maximum atomic E-state index is 12.5. The highest BCUT2D eigenvalue weighted by molar-refractivity contribution is 7.92. The van der Waals surface area contributed by atoms with Crippen molar-refractivity contribution in [1.82, 2.24) is 4.90 Å². The molecule has 0 bridgehead atoms. The molecular formula is C15H21NO3S. The second-order valence-electron chi connectivity index (χ2n) is 6.27. The molecule has 1 fully saturated rings. The highest BCUT2D eigenvalue weighted by Crippen LogP contribution is 2.27. The lowest BCUT2D eigenvalue weighted by atomic mass is 9.95. The van der Waals surface area contributed by atoms with Gasteiger partial charge in [0, 0.05) is 18.5 Å². The smallest absolute Gasteiger partial charge is 0.227 e. The summed E-state index contributed by atoms with van der Waals surface area (Å²) in [6.45, 7) is 6.39. The summed E-state index contributed by atoms with van der Waals surface area (Å²) in [7, 11) is -3.34. The van der Waals surface area contributed by atoms with E-state index in [4.69, 9.17) is 0 Å². The molecule has 0 aliphatic carbocycles. The molecule has 2 rings (SSSR count). The number of carbonyl (C=O) groups excluding carboxylic acids is 1. The Morgan fingerprint density at radius 1 is 1.20 bits per heavy atom. The molecule has 1 atom stereocenters. The van der Waals surface area contributed by atoms with Crippen molar-refractivity contribution in [2.75, 3.05) is 13.1 Å². The molecule has 20 heavy (non-hydrogen) atoms. The van der Waals surface area contributed by atoms with E-state index in [0.29, 0.717) is 24.4 Å². The highest BCUT2D eigenvalue weighted by Gasteiger charge is 2.38. The molecule has 1 aliphatic heterocycles. The van der Waals surface area contributed by atoms with Crippen LogP contribution in [0.25, 0.3) is 0 Å². The Bertz CT molecular complexity index is 587. The molecule has 110 valence electrons. The van der Waals surface area contributed by atoms with Crippen LogP contribution in [0.2, 0.25) is 0 Å². The monoisotopic (exact) mass is 295 g/mol. The molecular weight excluding hydrogens is 274 g/mol. The third-order valence-electron chi connectivity index (χ3n) is 3.58. The minimum Gasteiger partial charge on any atom is -0.341 e. The van der Waals surface area contributed by atoms with Gasteiger partial charge in [-0.15, -0.1) is 0 Å². The van der Waals surface area contributed by atoms with E-state index in [1.807, 2.05) is 20.8 Å². The van der Waals surface area contributed by atoms with Crippen LogP contribution in [0.5, 0.6) is 0 Å². The van der Waals surface area contributed by atoms with Gasteiger partial charge in [0.1, 0.15) is 0 Å². The molecule has 1 aliphatic rings. The van der Waals surface area contributed by atoms with Gasteiger partial charge in [-0.3, -0.25) is 4.79 Å². The average molecular weight is 295 g/mol. The second-order valence-corrected chi connectivity index (χ2v) is 8.50. The Morgan fingerprint density at radius 3 is 2.35 bits per heavy atom. The summed E-state index contributed by atoms with van der Waals surface area (Å²) in [6.07, 6.45) is 0.513. The minimum absolute atomic E-state index is 0.0169. The molecule has 0 N–H and O–H groups in total. The summed E-state index contributed by atoms with van der Waals surface area (Å²) >= 11 is 0. The van der Waals surface area contributed by atoms with Crippen LogP contribution < -0.4 is 0 Å².